The lowest BCUT2D eigenvalue weighted by molar-refractivity contribution is 0.0155. The Kier molecular flexibility index (Phi) is 3.46. The lowest BCUT2D eigenvalue weighted by atomic mass is 10.1. The number of hydrogen-bond acceptors (Lipinski definition) is 7. The van der Waals surface area contributed by atoms with Crippen LogP contribution in [0.1, 0.15) is 18.2 Å². The van der Waals surface area contributed by atoms with Gasteiger partial charge in [0, 0.05) is 0 Å². The second kappa shape index (κ2) is 4.86. The average molecular weight is 255 g/mol. The number of aromatic amines is 1. The maximum atomic E-state index is 9.97. The quantitative estimate of drug-likeness (QED) is 0.476. The Morgan fingerprint density at radius 1 is 1.41 bits per heavy atom. The second-order valence-electron chi connectivity index (χ2n) is 3.62. The van der Waals surface area contributed by atoms with Crippen molar-refractivity contribution in [1.29, 1.82) is 0 Å². The minimum Gasteiger partial charge on any atom is -0.390 e. The van der Waals surface area contributed by atoms with Gasteiger partial charge in [0.15, 0.2) is 5.65 Å². The van der Waals surface area contributed by atoms with Crippen LogP contribution in [0.4, 0.5) is 5.82 Å². The summed E-state index contributed by atoms with van der Waals surface area (Å²) in [5.74, 6) is 0.687. The van der Waals surface area contributed by atoms with E-state index < -0.39 is 12.2 Å². The van der Waals surface area contributed by atoms with E-state index in [2.05, 4.69) is 32.8 Å². The highest BCUT2D eigenvalue weighted by Gasteiger charge is 2.23. The summed E-state index contributed by atoms with van der Waals surface area (Å²) >= 11 is 4.00. The predicted molar refractivity (Wildman–Crippen MR) is 65.5 cm³/mol. The fourth-order valence-electron chi connectivity index (χ4n) is 1.60. The van der Waals surface area contributed by atoms with Crippen LogP contribution in [0.3, 0.4) is 0 Å². The summed E-state index contributed by atoms with van der Waals surface area (Å²) in [6, 6.07) is 0. The van der Waals surface area contributed by atoms with E-state index in [1.165, 1.54) is 6.33 Å². The Morgan fingerprint density at radius 2 is 2.18 bits per heavy atom. The first-order valence-corrected chi connectivity index (χ1v) is 5.69. The third-order valence-electron chi connectivity index (χ3n) is 2.49. The first kappa shape index (κ1) is 12.1. The number of aliphatic hydroxyl groups excluding tert-OH is 2. The van der Waals surface area contributed by atoms with Crippen molar-refractivity contribution in [3.63, 3.8) is 0 Å². The van der Waals surface area contributed by atoms with Crippen LogP contribution in [0.2, 0.25) is 0 Å². The predicted octanol–water partition coefficient (Wildman–Crippen LogP) is -0.351. The molecule has 7 nitrogen and oxygen atoms in total. The monoisotopic (exact) mass is 255 g/mol. The number of nitrogens with two attached hydrogens (primary N) is 1. The average Bonchev–Trinajstić information content (AvgIpc) is 2.73. The third-order valence-corrected chi connectivity index (χ3v) is 2.75. The van der Waals surface area contributed by atoms with Crippen molar-refractivity contribution < 1.29 is 10.2 Å². The molecule has 0 aliphatic heterocycles. The molecule has 0 aliphatic rings. The number of fused-ring (bicyclic) bond motifs is 1. The number of nitrogens with zero attached hydrogens (tertiary/aromatic N) is 3. The topological polar surface area (TPSA) is 121 Å². The normalized spacial score (nSPS) is 15.0. The van der Waals surface area contributed by atoms with Crippen molar-refractivity contribution in [2.24, 2.45) is 0 Å². The molecule has 2 aromatic heterocycles. The Bertz CT molecular complexity index is 517. The van der Waals surface area contributed by atoms with E-state index in [-0.39, 0.29) is 5.82 Å². The van der Waals surface area contributed by atoms with Gasteiger partial charge in [0.25, 0.3) is 0 Å². The molecule has 2 unspecified atom stereocenters. The van der Waals surface area contributed by atoms with Crippen LogP contribution in [-0.2, 0) is 0 Å². The van der Waals surface area contributed by atoms with Gasteiger partial charge in [-0.15, -0.1) is 0 Å². The summed E-state index contributed by atoms with van der Waals surface area (Å²) in [6.45, 7) is 0. The molecule has 2 rings (SSSR count). The lowest BCUT2D eigenvalue weighted by Crippen LogP contribution is -2.19. The summed E-state index contributed by atoms with van der Waals surface area (Å²) in [4.78, 5) is 7.74. The molecule has 17 heavy (non-hydrogen) atoms. The minimum atomic E-state index is -1.11. The molecule has 5 N–H and O–H groups in total. The first-order valence-electron chi connectivity index (χ1n) is 5.06. The number of anilines is 1. The number of H-pyrrole nitrogens is 1. The molecule has 92 valence electrons. The van der Waals surface area contributed by atoms with Gasteiger partial charge in [-0.2, -0.15) is 17.7 Å². The fraction of sp³-hybridized carbons (Fsp3) is 0.444. The van der Waals surface area contributed by atoms with Crippen LogP contribution in [0.25, 0.3) is 11.0 Å². The van der Waals surface area contributed by atoms with Crippen molar-refractivity contribution in [2.45, 2.75) is 18.6 Å². The maximum Gasteiger partial charge on any atom is 0.186 e. The largest absolute Gasteiger partial charge is 0.390 e. The van der Waals surface area contributed by atoms with Gasteiger partial charge in [-0.25, -0.2) is 9.97 Å². The first-order chi connectivity index (χ1) is 8.15. The highest BCUT2D eigenvalue weighted by molar-refractivity contribution is 7.80. The van der Waals surface area contributed by atoms with Crippen molar-refractivity contribution >= 4 is 29.5 Å². The summed E-state index contributed by atoms with van der Waals surface area (Å²) in [5.41, 5.74) is 6.39. The van der Waals surface area contributed by atoms with E-state index in [0.29, 0.717) is 28.9 Å². The zero-order chi connectivity index (χ0) is 12.4. The molecule has 0 spiro atoms. The van der Waals surface area contributed by atoms with Gasteiger partial charge >= 0.3 is 0 Å². The summed E-state index contributed by atoms with van der Waals surface area (Å²) in [5, 5.41) is 26.6. The summed E-state index contributed by atoms with van der Waals surface area (Å²) in [7, 11) is 0. The number of rotatable bonds is 4. The number of hydrogen-bond donors (Lipinski definition) is 5. The van der Waals surface area contributed by atoms with Crippen molar-refractivity contribution in [1.82, 2.24) is 20.2 Å². The third kappa shape index (κ3) is 2.19. The molecule has 0 fully saturated rings. The molecule has 0 radical (unpaired) electrons. The number of nitrogen functional groups attached to an aromatic ring is 1. The van der Waals surface area contributed by atoms with Gasteiger partial charge < -0.3 is 15.9 Å². The molecule has 0 aromatic carbocycles. The van der Waals surface area contributed by atoms with Crippen LogP contribution < -0.4 is 5.73 Å². The summed E-state index contributed by atoms with van der Waals surface area (Å²) in [6.07, 6.45) is -0.395. The Labute approximate surface area is 102 Å². The molecule has 8 heteroatoms. The van der Waals surface area contributed by atoms with Gasteiger partial charge in [0.05, 0.1) is 17.2 Å². The van der Waals surface area contributed by atoms with Crippen LogP contribution in [0, 0.1) is 0 Å². The van der Waals surface area contributed by atoms with Crippen molar-refractivity contribution in [3.05, 3.63) is 12.0 Å². The minimum absolute atomic E-state index is 0.218. The fourth-order valence-corrected chi connectivity index (χ4v) is 1.86. The maximum absolute atomic E-state index is 9.97. The Balaban J connectivity index is 2.42. The number of aromatic nitrogens is 4. The van der Waals surface area contributed by atoms with Gasteiger partial charge in [-0.1, -0.05) is 0 Å². The smallest absolute Gasteiger partial charge is 0.186 e. The van der Waals surface area contributed by atoms with Crippen LogP contribution in [0.5, 0.6) is 0 Å². The molecule has 2 aromatic rings. The molecule has 0 bridgehead atoms. The van der Waals surface area contributed by atoms with Gasteiger partial charge in [0.2, 0.25) is 0 Å². The van der Waals surface area contributed by atoms with E-state index in [0.717, 1.165) is 0 Å². The summed E-state index contributed by atoms with van der Waals surface area (Å²) < 4.78 is 0. The van der Waals surface area contributed by atoms with E-state index >= 15 is 0 Å². The van der Waals surface area contributed by atoms with Gasteiger partial charge in [0.1, 0.15) is 18.2 Å². The molecule has 2 heterocycles. The van der Waals surface area contributed by atoms with Crippen LogP contribution in [-0.4, -0.2) is 42.2 Å². The molecule has 0 saturated heterocycles. The Morgan fingerprint density at radius 3 is 2.88 bits per heavy atom. The zero-order valence-corrected chi connectivity index (χ0v) is 9.80. The highest BCUT2D eigenvalue weighted by atomic mass is 32.1. The SMILES string of the molecule is Nc1ncnc2n[nH]c(C(O)C(O)CCS)c12. The number of nitrogens with one attached hydrogen (secondary N) is 1. The highest BCUT2D eigenvalue weighted by Crippen LogP contribution is 2.26. The van der Waals surface area contributed by atoms with Crippen molar-refractivity contribution in [3.8, 4) is 0 Å². The number of thiol groups is 1. The van der Waals surface area contributed by atoms with Crippen molar-refractivity contribution in [2.75, 3.05) is 11.5 Å². The molecular formula is C9H13N5O2S. The molecular weight excluding hydrogens is 242 g/mol. The molecule has 0 aliphatic carbocycles. The second-order valence-corrected chi connectivity index (χ2v) is 4.07. The molecule has 0 amide bonds. The molecule has 2 atom stereocenters. The number of aliphatic hydroxyl groups is 2. The standard InChI is InChI=1S/C9H13N5O2S/c10-8-5-6(7(16)4(15)1-2-17)13-14-9(5)12-3-11-8/h3-4,7,15-17H,1-2H2,(H3,10,11,12,13,14). The Hall–Kier alpha value is -1.38. The molecule has 0 saturated carbocycles. The van der Waals surface area contributed by atoms with E-state index in [1.807, 2.05) is 0 Å². The zero-order valence-electron chi connectivity index (χ0n) is 8.91. The van der Waals surface area contributed by atoms with Gasteiger partial charge in [-0.05, 0) is 12.2 Å². The van der Waals surface area contributed by atoms with Crippen LogP contribution >= 0.6 is 12.6 Å². The van der Waals surface area contributed by atoms with Gasteiger partial charge in [-0.3, -0.25) is 5.10 Å². The van der Waals surface area contributed by atoms with Crippen LogP contribution in [0.15, 0.2) is 6.33 Å². The van der Waals surface area contributed by atoms with E-state index in [9.17, 15) is 10.2 Å². The van der Waals surface area contributed by atoms with E-state index in [1.54, 1.807) is 0 Å². The lowest BCUT2D eigenvalue weighted by Gasteiger charge is -2.15. The van der Waals surface area contributed by atoms with E-state index in [4.69, 9.17) is 5.73 Å².